The molecule has 0 amide bonds. The Morgan fingerprint density at radius 3 is 2.65 bits per heavy atom. The average Bonchev–Trinajstić information content (AvgIpc) is 2.83. The first kappa shape index (κ1) is 16.4. The molecule has 4 heteroatoms. The Morgan fingerprint density at radius 2 is 1.87 bits per heavy atom. The van der Waals surface area contributed by atoms with Crippen LogP contribution in [0.2, 0.25) is 0 Å². The standard InChI is InChI=1S/C19H24N2OS/c1-15-5-7-17(8-6-15)13-20-11-3-4-16-9-10-18-19(12-16)23(22)14-21(18)2/h5-10,12,20H,3-4,11,13-14H2,1-2H3. The van der Waals surface area contributed by atoms with Crippen LogP contribution in [0.4, 0.5) is 5.69 Å². The number of aryl methyl sites for hydroxylation is 2. The molecule has 2 aromatic carbocycles. The van der Waals surface area contributed by atoms with Crippen LogP contribution in [-0.2, 0) is 24.1 Å². The number of rotatable bonds is 6. The van der Waals surface area contributed by atoms with Crippen LogP contribution in [0.3, 0.4) is 0 Å². The zero-order valence-corrected chi connectivity index (χ0v) is 14.7. The number of hydrogen-bond acceptors (Lipinski definition) is 3. The Labute approximate surface area is 141 Å². The minimum absolute atomic E-state index is 0.622. The smallest absolute Gasteiger partial charge is 0.183 e. The molecule has 0 saturated carbocycles. The van der Waals surface area contributed by atoms with Crippen molar-refractivity contribution in [3.63, 3.8) is 0 Å². The van der Waals surface area contributed by atoms with Crippen molar-refractivity contribution < 1.29 is 4.55 Å². The zero-order chi connectivity index (χ0) is 16.2. The van der Waals surface area contributed by atoms with E-state index < -0.39 is 11.2 Å². The summed E-state index contributed by atoms with van der Waals surface area (Å²) in [5, 5.41) is 3.49. The molecule has 0 bridgehead atoms. The van der Waals surface area contributed by atoms with E-state index in [0.717, 1.165) is 36.5 Å². The second-order valence-electron chi connectivity index (χ2n) is 6.24. The Balaban J connectivity index is 1.44. The zero-order valence-electron chi connectivity index (χ0n) is 13.8. The number of hydrogen-bond donors (Lipinski definition) is 1. The van der Waals surface area contributed by atoms with Crippen molar-refractivity contribution >= 4 is 16.9 Å². The molecule has 3 rings (SSSR count). The fourth-order valence-electron chi connectivity index (χ4n) is 2.88. The van der Waals surface area contributed by atoms with Crippen LogP contribution in [0.15, 0.2) is 47.4 Å². The summed E-state index contributed by atoms with van der Waals surface area (Å²) in [6.07, 6.45) is 2.11. The average molecular weight is 328 g/mol. The Morgan fingerprint density at radius 1 is 1.13 bits per heavy atom. The fourth-order valence-corrected chi connectivity index (χ4v) is 4.25. The lowest BCUT2D eigenvalue weighted by Crippen LogP contribution is -2.16. The predicted octanol–water partition coefficient (Wildman–Crippen LogP) is 3.23. The van der Waals surface area contributed by atoms with Gasteiger partial charge in [-0.2, -0.15) is 0 Å². The summed E-state index contributed by atoms with van der Waals surface area (Å²) in [5.74, 6) is 0.622. The van der Waals surface area contributed by atoms with E-state index in [4.69, 9.17) is 0 Å². The molecule has 1 unspecified atom stereocenters. The van der Waals surface area contributed by atoms with Crippen LogP contribution >= 0.6 is 0 Å². The number of nitrogens with zero attached hydrogens (tertiary/aromatic N) is 1. The van der Waals surface area contributed by atoms with E-state index in [1.165, 1.54) is 16.7 Å². The molecule has 0 aromatic heterocycles. The maximum absolute atomic E-state index is 12.0. The van der Waals surface area contributed by atoms with Gasteiger partial charge in [-0.1, -0.05) is 35.9 Å². The Hall–Kier alpha value is -1.49. The van der Waals surface area contributed by atoms with E-state index in [2.05, 4.69) is 59.6 Å². The van der Waals surface area contributed by atoms with Gasteiger partial charge in [-0.15, -0.1) is 0 Å². The Kier molecular flexibility index (Phi) is 5.26. The molecule has 2 aromatic rings. The molecule has 1 aliphatic heterocycles. The van der Waals surface area contributed by atoms with Gasteiger partial charge in [-0.05, 0) is 49.6 Å². The highest BCUT2D eigenvalue weighted by atomic mass is 32.2. The first-order valence-corrected chi connectivity index (χ1v) is 9.44. The molecule has 1 heterocycles. The van der Waals surface area contributed by atoms with Crippen molar-refractivity contribution in [1.29, 1.82) is 0 Å². The van der Waals surface area contributed by atoms with Gasteiger partial charge in [0.05, 0.1) is 5.69 Å². The summed E-state index contributed by atoms with van der Waals surface area (Å²) in [7, 11) is 2.00. The van der Waals surface area contributed by atoms with E-state index in [9.17, 15) is 4.55 Å². The summed E-state index contributed by atoms with van der Waals surface area (Å²) >= 11 is -0.864. The third kappa shape index (κ3) is 4.08. The lowest BCUT2D eigenvalue weighted by molar-refractivity contribution is 0.598. The molecule has 0 spiro atoms. The molecule has 1 N–H and O–H groups in total. The molecule has 3 nitrogen and oxygen atoms in total. The third-order valence-electron chi connectivity index (χ3n) is 4.26. The van der Waals surface area contributed by atoms with Crippen LogP contribution in [0.1, 0.15) is 23.1 Å². The topological polar surface area (TPSA) is 38.3 Å². The monoisotopic (exact) mass is 328 g/mol. The maximum Gasteiger partial charge on any atom is 0.183 e. The molecule has 0 aliphatic carbocycles. The minimum Gasteiger partial charge on any atom is -0.610 e. The van der Waals surface area contributed by atoms with Crippen molar-refractivity contribution in [2.45, 2.75) is 31.2 Å². The highest BCUT2D eigenvalue weighted by Gasteiger charge is 2.28. The highest BCUT2D eigenvalue weighted by Crippen LogP contribution is 2.33. The van der Waals surface area contributed by atoms with E-state index >= 15 is 0 Å². The molecule has 23 heavy (non-hydrogen) atoms. The van der Waals surface area contributed by atoms with Gasteiger partial charge >= 0.3 is 0 Å². The molecule has 1 atom stereocenters. The number of nitrogens with one attached hydrogen (secondary N) is 1. The molecule has 0 saturated heterocycles. The number of fused-ring (bicyclic) bond motifs is 1. The highest BCUT2D eigenvalue weighted by molar-refractivity contribution is 7.92. The summed E-state index contributed by atoms with van der Waals surface area (Å²) < 4.78 is 12.0. The van der Waals surface area contributed by atoms with Gasteiger partial charge in [0, 0.05) is 24.8 Å². The summed E-state index contributed by atoms with van der Waals surface area (Å²) in [6, 6.07) is 15.0. The minimum atomic E-state index is -0.864. The maximum atomic E-state index is 12.0. The molecule has 1 aliphatic rings. The van der Waals surface area contributed by atoms with Crippen molar-refractivity contribution in [2.24, 2.45) is 0 Å². The van der Waals surface area contributed by atoms with Gasteiger partial charge in [0.2, 0.25) is 0 Å². The Bertz CT molecular complexity index is 657. The normalized spacial score (nSPS) is 16.7. The predicted molar refractivity (Wildman–Crippen MR) is 97.3 cm³/mol. The second-order valence-corrected chi connectivity index (χ2v) is 7.63. The van der Waals surface area contributed by atoms with Crippen LogP contribution in [0.25, 0.3) is 0 Å². The summed E-state index contributed by atoms with van der Waals surface area (Å²) in [6.45, 7) is 4.02. The van der Waals surface area contributed by atoms with Crippen LogP contribution < -0.4 is 10.2 Å². The van der Waals surface area contributed by atoms with Crippen LogP contribution in [0, 0.1) is 6.92 Å². The van der Waals surface area contributed by atoms with Crippen LogP contribution in [-0.4, -0.2) is 24.0 Å². The first-order chi connectivity index (χ1) is 11.1. The second kappa shape index (κ2) is 7.39. The quantitative estimate of drug-likeness (QED) is 0.653. The van der Waals surface area contributed by atoms with Crippen molar-refractivity contribution in [1.82, 2.24) is 5.32 Å². The van der Waals surface area contributed by atoms with Gasteiger partial charge in [-0.25, -0.2) is 0 Å². The first-order valence-electron chi connectivity index (χ1n) is 8.12. The van der Waals surface area contributed by atoms with Gasteiger partial charge in [0.1, 0.15) is 0 Å². The van der Waals surface area contributed by atoms with E-state index in [0.29, 0.717) is 5.88 Å². The van der Waals surface area contributed by atoms with Gasteiger partial charge in [0.15, 0.2) is 10.8 Å². The summed E-state index contributed by atoms with van der Waals surface area (Å²) in [5.41, 5.74) is 5.02. The van der Waals surface area contributed by atoms with Gasteiger partial charge in [-0.3, -0.25) is 0 Å². The van der Waals surface area contributed by atoms with E-state index in [-0.39, 0.29) is 0 Å². The third-order valence-corrected chi connectivity index (χ3v) is 5.70. The van der Waals surface area contributed by atoms with Gasteiger partial charge in [0.25, 0.3) is 0 Å². The largest absolute Gasteiger partial charge is 0.610 e. The number of anilines is 1. The van der Waals surface area contributed by atoms with Crippen molar-refractivity contribution in [3.05, 3.63) is 59.2 Å². The SMILES string of the molecule is Cc1ccc(CNCCCc2ccc3c(c2)[S+]([O-])CN3C)cc1. The van der Waals surface area contributed by atoms with E-state index in [1.807, 2.05) is 7.05 Å². The van der Waals surface area contributed by atoms with Crippen LogP contribution in [0.5, 0.6) is 0 Å². The lowest BCUT2D eigenvalue weighted by Gasteiger charge is -2.08. The van der Waals surface area contributed by atoms with Crippen molar-refractivity contribution in [3.8, 4) is 0 Å². The van der Waals surface area contributed by atoms with Crippen molar-refractivity contribution in [2.75, 3.05) is 24.4 Å². The molecular formula is C19H24N2OS. The molecule has 0 radical (unpaired) electrons. The fraction of sp³-hybridized carbons (Fsp3) is 0.368. The lowest BCUT2D eigenvalue weighted by atomic mass is 10.1. The van der Waals surface area contributed by atoms with Gasteiger partial charge < -0.3 is 14.8 Å². The number of benzene rings is 2. The van der Waals surface area contributed by atoms with E-state index in [1.54, 1.807) is 0 Å². The molecule has 122 valence electrons. The molecule has 0 fully saturated rings. The molecular weight excluding hydrogens is 304 g/mol. The summed E-state index contributed by atoms with van der Waals surface area (Å²) in [4.78, 5) is 3.07.